The Bertz CT molecular complexity index is 820. The lowest BCUT2D eigenvalue weighted by molar-refractivity contribution is -0.136. The molecule has 142 valence electrons. The Morgan fingerprint density at radius 2 is 2.07 bits per heavy atom. The highest BCUT2D eigenvalue weighted by atomic mass is 16.6. The molecule has 1 unspecified atom stereocenters. The first kappa shape index (κ1) is 17.3. The minimum atomic E-state index is -0.628. The molecule has 27 heavy (non-hydrogen) atoms. The van der Waals surface area contributed by atoms with E-state index in [0.29, 0.717) is 18.5 Å². The molecule has 0 spiro atoms. The number of carbonyl (C=O) groups is 4. The molecule has 2 N–H and O–H groups in total. The van der Waals surface area contributed by atoms with Crippen LogP contribution in [0.15, 0.2) is 18.2 Å². The van der Waals surface area contributed by atoms with Gasteiger partial charge < -0.3 is 19.9 Å². The van der Waals surface area contributed by atoms with Gasteiger partial charge in [-0.1, -0.05) is 0 Å². The minimum Gasteiger partial charge on any atom is -0.428 e. The summed E-state index contributed by atoms with van der Waals surface area (Å²) >= 11 is 0. The first-order valence-corrected chi connectivity index (χ1v) is 8.96. The van der Waals surface area contributed by atoms with E-state index in [0.717, 1.165) is 30.8 Å². The summed E-state index contributed by atoms with van der Waals surface area (Å²) in [4.78, 5) is 50.8. The normalized spacial score (nSPS) is 21.5. The Morgan fingerprint density at radius 3 is 2.78 bits per heavy atom. The summed E-state index contributed by atoms with van der Waals surface area (Å²) in [6, 6.07) is 4.62. The summed E-state index contributed by atoms with van der Waals surface area (Å²) in [6.07, 6.45) is 1.23. The first-order valence-electron chi connectivity index (χ1n) is 8.96. The van der Waals surface area contributed by atoms with Gasteiger partial charge in [0, 0.05) is 37.3 Å². The fourth-order valence-corrected chi connectivity index (χ4v) is 3.46. The van der Waals surface area contributed by atoms with Crippen LogP contribution in [0.25, 0.3) is 0 Å². The number of fused-ring (bicyclic) bond motifs is 1. The topological polar surface area (TPSA) is 108 Å². The maximum absolute atomic E-state index is 12.6. The van der Waals surface area contributed by atoms with Crippen LogP contribution < -0.4 is 10.6 Å². The molecule has 9 heteroatoms. The van der Waals surface area contributed by atoms with Gasteiger partial charge in [0.05, 0.1) is 0 Å². The van der Waals surface area contributed by atoms with Gasteiger partial charge in [-0.2, -0.15) is 0 Å². The second-order valence-corrected chi connectivity index (χ2v) is 6.84. The molecular weight excluding hydrogens is 352 g/mol. The predicted octanol–water partition coefficient (Wildman–Crippen LogP) is 0.659. The number of nitrogens with one attached hydrogen (secondary N) is 2. The number of amides is 4. The van der Waals surface area contributed by atoms with Crippen molar-refractivity contribution in [3.63, 3.8) is 0 Å². The van der Waals surface area contributed by atoms with Crippen molar-refractivity contribution in [2.24, 2.45) is 0 Å². The molecule has 1 atom stereocenters. The summed E-state index contributed by atoms with van der Waals surface area (Å²) in [6.45, 7) is 1.81. The highest BCUT2D eigenvalue weighted by Gasteiger charge is 2.39. The summed E-state index contributed by atoms with van der Waals surface area (Å²) < 4.78 is 5.14. The highest BCUT2D eigenvalue weighted by molar-refractivity contribution is 6.05. The van der Waals surface area contributed by atoms with E-state index >= 15 is 0 Å². The molecule has 0 aliphatic carbocycles. The third-order valence-corrected chi connectivity index (χ3v) is 5.11. The van der Waals surface area contributed by atoms with E-state index in [-0.39, 0.29) is 31.1 Å². The van der Waals surface area contributed by atoms with Crippen molar-refractivity contribution in [1.82, 2.24) is 15.1 Å². The molecule has 4 rings (SSSR count). The van der Waals surface area contributed by atoms with Crippen molar-refractivity contribution >= 4 is 29.5 Å². The number of hydrogen-bond acceptors (Lipinski definition) is 6. The van der Waals surface area contributed by atoms with Gasteiger partial charge in [0.1, 0.15) is 6.04 Å². The Hall–Kier alpha value is -3.10. The van der Waals surface area contributed by atoms with Crippen LogP contribution in [0.4, 0.5) is 10.5 Å². The number of ether oxygens (including phenoxy) is 1. The second-order valence-electron chi connectivity index (χ2n) is 6.84. The maximum Gasteiger partial charge on any atom is 0.411 e. The van der Waals surface area contributed by atoms with Gasteiger partial charge in [0.25, 0.3) is 5.91 Å². The van der Waals surface area contributed by atoms with E-state index in [1.807, 2.05) is 6.07 Å². The highest BCUT2D eigenvalue weighted by Crippen LogP contribution is 2.29. The third kappa shape index (κ3) is 3.32. The van der Waals surface area contributed by atoms with Gasteiger partial charge in [-0.05, 0) is 36.6 Å². The molecule has 1 aromatic carbocycles. The van der Waals surface area contributed by atoms with Crippen molar-refractivity contribution in [2.75, 3.05) is 25.1 Å². The summed E-state index contributed by atoms with van der Waals surface area (Å²) in [5.74, 6) is -0.946. The van der Waals surface area contributed by atoms with Gasteiger partial charge in [0.15, 0.2) is 6.73 Å². The molecule has 1 aromatic rings. The van der Waals surface area contributed by atoms with Crippen LogP contribution in [-0.2, 0) is 20.9 Å². The van der Waals surface area contributed by atoms with E-state index in [1.54, 1.807) is 17.0 Å². The zero-order valence-corrected chi connectivity index (χ0v) is 14.7. The fraction of sp³-hybridized carbons (Fsp3) is 0.444. The van der Waals surface area contributed by atoms with E-state index in [2.05, 4.69) is 10.6 Å². The molecule has 3 aliphatic heterocycles. The summed E-state index contributed by atoms with van der Waals surface area (Å²) in [7, 11) is 0. The predicted molar refractivity (Wildman–Crippen MR) is 93.6 cm³/mol. The van der Waals surface area contributed by atoms with Crippen molar-refractivity contribution in [3.05, 3.63) is 29.3 Å². The van der Waals surface area contributed by atoms with Crippen LogP contribution in [0.5, 0.6) is 0 Å². The lowest BCUT2D eigenvalue weighted by Gasteiger charge is -2.29. The molecule has 2 saturated heterocycles. The quantitative estimate of drug-likeness (QED) is 0.594. The monoisotopic (exact) mass is 372 g/mol. The SMILES string of the molecule is O=C1CCC(N2Cc3cc(NCOC(=O)N4CCC4)ccc3C2=O)C(=O)N1. The zero-order chi connectivity index (χ0) is 19.0. The van der Waals surface area contributed by atoms with E-state index in [1.165, 1.54) is 4.90 Å². The number of carbonyl (C=O) groups excluding carboxylic acids is 4. The van der Waals surface area contributed by atoms with Gasteiger partial charge in [-0.25, -0.2) is 4.79 Å². The van der Waals surface area contributed by atoms with Crippen molar-refractivity contribution in [2.45, 2.75) is 31.8 Å². The van der Waals surface area contributed by atoms with E-state index < -0.39 is 11.9 Å². The molecular formula is C18H20N4O5. The molecule has 9 nitrogen and oxygen atoms in total. The lowest BCUT2D eigenvalue weighted by atomic mass is 10.0. The lowest BCUT2D eigenvalue weighted by Crippen LogP contribution is -2.52. The molecule has 4 amide bonds. The molecule has 0 bridgehead atoms. The first-order chi connectivity index (χ1) is 13.0. The number of anilines is 1. The van der Waals surface area contributed by atoms with Crippen LogP contribution in [0.1, 0.15) is 35.2 Å². The van der Waals surface area contributed by atoms with E-state index in [9.17, 15) is 19.2 Å². The molecule has 0 radical (unpaired) electrons. The molecule has 3 aliphatic rings. The fourth-order valence-electron chi connectivity index (χ4n) is 3.46. The van der Waals surface area contributed by atoms with Gasteiger partial charge in [0.2, 0.25) is 11.8 Å². The number of piperidine rings is 1. The number of rotatable bonds is 4. The minimum absolute atomic E-state index is 0.0406. The van der Waals surface area contributed by atoms with Crippen molar-refractivity contribution in [1.29, 1.82) is 0 Å². The average molecular weight is 372 g/mol. The number of hydrogen-bond donors (Lipinski definition) is 2. The Kier molecular flexibility index (Phi) is 4.43. The Balaban J connectivity index is 1.38. The number of likely N-dealkylation sites (tertiary alicyclic amines) is 1. The smallest absolute Gasteiger partial charge is 0.411 e. The Morgan fingerprint density at radius 1 is 1.26 bits per heavy atom. The van der Waals surface area contributed by atoms with Gasteiger partial charge in [-0.3, -0.25) is 19.7 Å². The van der Waals surface area contributed by atoms with Crippen molar-refractivity contribution < 1.29 is 23.9 Å². The number of nitrogens with zero attached hydrogens (tertiary/aromatic N) is 2. The van der Waals surface area contributed by atoms with Gasteiger partial charge in [-0.15, -0.1) is 0 Å². The van der Waals surface area contributed by atoms with E-state index in [4.69, 9.17) is 4.74 Å². The number of benzene rings is 1. The van der Waals surface area contributed by atoms with Crippen LogP contribution in [-0.4, -0.2) is 59.5 Å². The van der Waals surface area contributed by atoms with Crippen molar-refractivity contribution in [3.8, 4) is 0 Å². The third-order valence-electron chi connectivity index (χ3n) is 5.11. The van der Waals surface area contributed by atoms with Crippen LogP contribution in [0.2, 0.25) is 0 Å². The Labute approximate surface area is 155 Å². The van der Waals surface area contributed by atoms with Gasteiger partial charge >= 0.3 is 6.09 Å². The molecule has 0 aromatic heterocycles. The van der Waals surface area contributed by atoms with Crippen LogP contribution >= 0.6 is 0 Å². The maximum atomic E-state index is 12.6. The summed E-state index contributed by atoms with van der Waals surface area (Å²) in [5.41, 5.74) is 2.06. The largest absolute Gasteiger partial charge is 0.428 e. The number of imide groups is 1. The molecule has 3 heterocycles. The molecule has 2 fully saturated rings. The zero-order valence-electron chi connectivity index (χ0n) is 14.7. The summed E-state index contributed by atoms with van der Waals surface area (Å²) in [5, 5.41) is 5.29. The van der Waals surface area contributed by atoms with Crippen LogP contribution in [0.3, 0.4) is 0 Å². The standard InChI is InChI=1S/C18H20N4O5/c23-15-5-4-14(16(24)20-15)22-9-11-8-12(2-3-13(11)17(22)25)19-10-27-18(26)21-6-1-7-21/h2-3,8,14,19H,1,4-7,9-10H2,(H,20,23,24). The molecule has 0 saturated carbocycles. The average Bonchev–Trinajstić information content (AvgIpc) is 2.89. The second kappa shape index (κ2) is 6.90. The van der Waals surface area contributed by atoms with Crippen LogP contribution in [0, 0.1) is 0 Å².